The number of rotatable bonds is 19. The molecule has 153 valence electrons. The molecule has 0 saturated carbocycles. The van der Waals surface area contributed by atoms with Crippen LogP contribution in [0.15, 0.2) is 12.2 Å². The Morgan fingerprint density at radius 1 is 0.640 bits per heavy atom. The van der Waals surface area contributed by atoms with E-state index < -0.39 is 5.97 Å². The van der Waals surface area contributed by atoms with Gasteiger partial charge < -0.3 is 5.11 Å². The van der Waals surface area contributed by atoms with Gasteiger partial charge in [-0.1, -0.05) is 96.1 Å². The summed E-state index contributed by atoms with van der Waals surface area (Å²) in [6, 6.07) is 0. The van der Waals surface area contributed by atoms with Gasteiger partial charge >= 0.3 is 5.97 Å². The molecule has 1 radical (unpaired) electrons. The molecule has 2 nitrogen and oxygen atoms in total. The average molecular weight is 402 g/mol. The van der Waals surface area contributed by atoms with Crippen LogP contribution in [0.1, 0.15) is 122 Å². The SMILES string of the molecule is CCCCCCCC/C=C\CCCCCCCCCCCC(=O)O.[Cu]. The van der Waals surface area contributed by atoms with E-state index >= 15 is 0 Å². The van der Waals surface area contributed by atoms with Gasteiger partial charge in [-0.3, -0.25) is 4.79 Å². The zero-order chi connectivity index (χ0) is 17.7. The van der Waals surface area contributed by atoms with E-state index in [0.29, 0.717) is 6.42 Å². The normalized spacial score (nSPS) is 10.9. The molecular weight excluding hydrogens is 360 g/mol. The standard InChI is InChI=1S/C22H42O2.Cu/c1-2-3-4-5-6-7-8-9-10-11-12-13-14-15-16-17-18-19-20-21-22(23)24;/h9-10H,2-8,11-21H2,1H3,(H,23,24);/b10-9-;. The Labute approximate surface area is 167 Å². The summed E-state index contributed by atoms with van der Waals surface area (Å²) in [4.78, 5) is 10.4. The molecule has 0 aliphatic rings. The second-order valence-corrected chi connectivity index (χ2v) is 7.14. The number of hydrogen-bond donors (Lipinski definition) is 1. The molecule has 0 fully saturated rings. The van der Waals surface area contributed by atoms with Crippen LogP contribution in [0.25, 0.3) is 0 Å². The van der Waals surface area contributed by atoms with Crippen molar-refractivity contribution >= 4 is 5.97 Å². The Kier molecular flexibility index (Phi) is 25.6. The summed E-state index contributed by atoms with van der Waals surface area (Å²) in [5.74, 6) is -0.656. The molecule has 0 saturated heterocycles. The van der Waals surface area contributed by atoms with Crippen LogP contribution in [0.2, 0.25) is 0 Å². The fraction of sp³-hybridized carbons (Fsp3) is 0.864. The molecule has 0 unspecified atom stereocenters. The number of allylic oxidation sites excluding steroid dienone is 2. The number of carboxylic acid groups (broad SMARTS) is 1. The Morgan fingerprint density at radius 2 is 1.00 bits per heavy atom. The Morgan fingerprint density at radius 3 is 1.40 bits per heavy atom. The van der Waals surface area contributed by atoms with Gasteiger partial charge in [0.25, 0.3) is 0 Å². The van der Waals surface area contributed by atoms with E-state index in [4.69, 9.17) is 5.11 Å². The molecular formula is C22H42CuO2. The van der Waals surface area contributed by atoms with Crippen LogP contribution in [-0.4, -0.2) is 11.1 Å². The fourth-order valence-electron chi connectivity index (χ4n) is 3.05. The molecule has 25 heavy (non-hydrogen) atoms. The van der Waals surface area contributed by atoms with Crippen LogP contribution in [0.4, 0.5) is 0 Å². The molecule has 0 aromatic heterocycles. The second kappa shape index (κ2) is 23.7. The van der Waals surface area contributed by atoms with Gasteiger partial charge in [0.05, 0.1) is 0 Å². The van der Waals surface area contributed by atoms with Gasteiger partial charge in [-0.05, 0) is 32.1 Å². The molecule has 0 atom stereocenters. The van der Waals surface area contributed by atoms with E-state index in [9.17, 15) is 4.79 Å². The van der Waals surface area contributed by atoms with E-state index in [2.05, 4.69) is 19.1 Å². The first-order valence-corrected chi connectivity index (χ1v) is 10.6. The maximum atomic E-state index is 10.4. The van der Waals surface area contributed by atoms with Crippen molar-refractivity contribution in [2.75, 3.05) is 0 Å². The molecule has 3 heteroatoms. The minimum Gasteiger partial charge on any atom is -0.481 e. The molecule has 0 rings (SSSR count). The third-order valence-electron chi connectivity index (χ3n) is 4.65. The maximum absolute atomic E-state index is 10.4. The zero-order valence-electron chi connectivity index (χ0n) is 16.5. The molecule has 0 heterocycles. The molecule has 0 spiro atoms. The number of hydrogen-bond acceptors (Lipinski definition) is 1. The first kappa shape index (κ1) is 27.0. The van der Waals surface area contributed by atoms with E-state index in [1.165, 1.54) is 96.3 Å². The predicted octanol–water partition coefficient (Wildman–Crippen LogP) is 7.67. The summed E-state index contributed by atoms with van der Waals surface area (Å²) in [6.07, 6.45) is 27.1. The molecule has 0 aliphatic carbocycles. The van der Waals surface area contributed by atoms with Gasteiger partial charge in [-0.15, -0.1) is 0 Å². The van der Waals surface area contributed by atoms with Crippen LogP contribution in [0.3, 0.4) is 0 Å². The zero-order valence-corrected chi connectivity index (χ0v) is 17.5. The van der Waals surface area contributed by atoms with E-state index in [1.807, 2.05) is 0 Å². The number of carboxylic acids is 1. The molecule has 0 amide bonds. The number of carbonyl (C=O) groups is 1. The van der Waals surface area contributed by atoms with E-state index in [-0.39, 0.29) is 17.1 Å². The minimum atomic E-state index is -0.656. The molecule has 1 N–H and O–H groups in total. The van der Waals surface area contributed by atoms with Gasteiger partial charge in [-0.2, -0.15) is 0 Å². The van der Waals surface area contributed by atoms with Crippen LogP contribution < -0.4 is 0 Å². The first-order valence-electron chi connectivity index (χ1n) is 10.6. The first-order chi connectivity index (χ1) is 11.8. The smallest absolute Gasteiger partial charge is 0.303 e. The van der Waals surface area contributed by atoms with Crippen LogP contribution in [0, 0.1) is 0 Å². The molecule has 0 aromatic rings. The van der Waals surface area contributed by atoms with E-state index in [1.54, 1.807) is 0 Å². The average Bonchev–Trinajstić information content (AvgIpc) is 2.56. The van der Waals surface area contributed by atoms with Gasteiger partial charge in [0, 0.05) is 23.5 Å². The maximum Gasteiger partial charge on any atom is 0.303 e. The van der Waals surface area contributed by atoms with Crippen molar-refractivity contribution in [3.63, 3.8) is 0 Å². The minimum absolute atomic E-state index is 0. The Bertz CT molecular complexity index is 290. The van der Waals surface area contributed by atoms with Crippen molar-refractivity contribution in [2.24, 2.45) is 0 Å². The summed E-state index contributed by atoms with van der Waals surface area (Å²) >= 11 is 0. The van der Waals surface area contributed by atoms with Crippen molar-refractivity contribution in [3.8, 4) is 0 Å². The summed E-state index contributed by atoms with van der Waals surface area (Å²) in [5, 5.41) is 8.55. The molecule has 0 bridgehead atoms. The quantitative estimate of drug-likeness (QED) is 0.137. The van der Waals surface area contributed by atoms with Crippen LogP contribution in [0.5, 0.6) is 0 Å². The molecule has 0 aliphatic heterocycles. The Hall–Kier alpha value is -0.271. The predicted molar refractivity (Wildman–Crippen MR) is 106 cm³/mol. The van der Waals surface area contributed by atoms with E-state index in [0.717, 1.165) is 12.8 Å². The second-order valence-electron chi connectivity index (χ2n) is 7.14. The Balaban J connectivity index is 0. The summed E-state index contributed by atoms with van der Waals surface area (Å²) < 4.78 is 0. The van der Waals surface area contributed by atoms with Gasteiger partial charge in [0.2, 0.25) is 0 Å². The topological polar surface area (TPSA) is 37.3 Å². The number of aliphatic carboxylic acids is 1. The third kappa shape index (κ3) is 26.1. The van der Waals surface area contributed by atoms with Gasteiger partial charge in [0.1, 0.15) is 0 Å². The van der Waals surface area contributed by atoms with Crippen molar-refractivity contribution in [1.29, 1.82) is 0 Å². The fourth-order valence-corrected chi connectivity index (χ4v) is 3.05. The third-order valence-corrected chi connectivity index (χ3v) is 4.65. The van der Waals surface area contributed by atoms with Crippen molar-refractivity contribution < 1.29 is 27.0 Å². The largest absolute Gasteiger partial charge is 0.481 e. The van der Waals surface area contributed by atoms with Gasteiger partial charge in [-0.25, -0.2) is 0 Å². The summed E-state index contributed by atoms with van der Waals surface area (Å²) in [6.45, 7) is 2.27. The van der Waals surface area contributed by atoms with Crippen molar-refractivity contribution in [2.45, 2.75) is 122 Å². The van der Waals surface area contributed by atoms with Gasteiger partial charge in [0.15, 0.2) is 0 Å². The monoisotopic (exact) mass is 401 g/mol. The molecule has 0 aromatic carbocycles. The summed E-state index contributed by atoms with van der Waals surface area (Å²) in [5.41, 5.74) is 0. The van der Waals surface area contributed by atoms with Crippen molar-refractivity contribution in [1.82, 2.24) is 0 Å². The van der Waals surface area contributed by atoms with Crippen molar-refractivity contribution in [3.05, 3.63) is 12.2 Å². The van der Waals surface area contributed by atoms with Crippen LogP contribution >= 0.6 is 0 Å². The summed E-state index contributed by atoms with van der Waals surface area (Å²) in [7, 11) is 0. The number of unbranched alkanes of at least 4 members (excludes halogenated alkanes) is 15. The van der Waals surface area contributed by atoms with Crippen LogP contribution in [-0.2, 0) is 21.9 Å².